The molecule has 0 aliphatic rings. The summed E-state index contributed by atoms with van der Waals surface area (Å²) in [5.74, 6) is -1.61. The number of rotatable bonds is 42. The zero-order valence-electron chi connectivity index (χ0n) is 38.6. The molecule has 0 amide bonds. The Kier molecular flexibility index (Phi) is 41.9. The van der Waals surface area contributed by atoms with E-state index in [0.29, 0.717) is 19.3 Å². The number of aliphatic hydroxyl groups is 1. The Hall–Kier alpha value is -3.34. The topological polar surface area (TPSA) is 155 Å². The van der Waals surface area contributed by atoms with Gasteiger partial charge in [-0.3, -0.25) is 23.4 Å². The van der Waals surface area contributed by atoms with Gasteiger partial charge >= 0.3 is 25.7 Å². The van der Waals surface area contributed by atoms with E-state index < -0.39 is 57.8 Å². The Morgan fingerprint density at radius 1 is 0.468 bits per heavy atom. The first kappa shape index (κ1) is 58.7. The van der Waals surface area contributed by atoms with Gasteiger partial charge in [0.25, 0.3) is 0 Å². The van der Waals surface area contributed by atoms with Gasteiger partial charge in [-0.05, 0) is 77.0 Å². The van der Waals surface area contributed by atoms with Crippen molar-refractivity contribution in [1.29, 1.82) is 0 Å². The highest BCUT2D eigenvalue weighted by Gasteiger charge is 2.28. The van der Waals surface area contributed by atoms with Crippen molar-refractivity contribution in [3.63, 3.8) is 0 Å². The SMILES string of the molecule is CC/C=C\C/C=C\C/C=C\C/C=C\CCC(=O)OCC(COP(=O)(O)OCC(CO)OC(=O)CCCCCCCCCCC)OC(=O)CCCCC/C=C\C/C=C\C/C=C\CC. The Morgan fingerprint density at radius 2 is 0.871 bits per heavy atom. The molecule has 0 bridgehead atoms. The number of phosphoric ester groups is 1. The normalized spacial score (nSPS) is 14.3. The summed E-state index contributed by atoms with van der Waals surface area (Å²) in [6, 6.07) is 0. The highest BCUT2D eigenvalue weighted by atomic mass is 31.2. The maximum Gasteiger partial charge on any atom is 0.472 e. The zero-order chi connectivity index (χ0) is 45.6. The van der Waals surface area contributed by atoms with E-state index >= 15 is 0 Å². The number of ether oxygens (including phenoxy) is 3. The van der Waals surface area contributed by atoms with E-state index in [1.54, 1.807) is 0 Å². The second-order valence-electron chi connectivity index (χ2n) is 15.2. The van der Waals surface area contributed by atoms with Crippen molar-refractivity contribution in [2.24, 2.45) is 0 Å². The van der Waals surface area contributed by atoms with Gasteiger partial charge in [-0.25, -0.2) is 4.57 Å². The number of allylic oxidation sites excluding steroid dienone is 14. The Morgan fingerprint density at radius 3 is 1.35 bits per heavy atom. The van der Waals surface area contributed by atoms with Crippen LogP contribution < -0.4 is 0 Å². The minimum Gasteiger partial charge on any atom is -0.462 e. The average Bonchev–Trinajstić information content (AvgIpc) is 3.25. The molecule has 0 radical (unpaired) electrons. The van der Waals surface area contributed by atoms with Crippen LogP contribution in [0.3, 0.4) is 0 Å². The molecular weight excluding hydrogens is 808 g/mol. The molecule has 0 rings (SSSR count). The Balaban J connectivity index is 4.92. The molecule has 0 aliphatic heterocycles. The molecule has 12 heteroatoms. The number of carbonyl (C=O) groups excluding carboxylic acids is 3. The molecule has 0 aromatic carbocycles. The minimum absolute atomic E-state index is 0.0960. The summed E-state index contributed by atoms with van der Waals surface area (Å²) >= 11 is 0. The van der Waals surface area contributed by atoms with Crippen molar-refractivity contribution >= 4 is 25.7 Å². The van der Waals surface area contributed by atoms with Gasteiger partial charge in [-0.15, -0.1) is 0 Å². The predicted molar refractivity (Wildman–Crippen MR) is 251 cm³/mol. The average molecular weight is 891 g/mol. The molecule has 0 aromatic heterocycles. The predicted octanol–water partition coefficient (Wildman–Crippen LogP) is 12.8. The van der Waals surface area contributed by atoms with Gasteiger partial charge in [0.15, 0.2) is 6.10 Å². The largest absolute Gasteiger partial charge is 0.472 e. The molecule has 0 saturated carbocycles. The van der Waals surface area contributed by atoms with E-state index in [1.807, 2.05) is 12.2 Å². The van der Waals surface area contributed by atoms with Gasteiger partial charge in [-0.2, -0.15) is 0 Å². The Labute approximate surface area is 375 Å². The minimum atomic E-state index is -4.76. The molecule has 0 aromatic rings. The standard InChI is InChI=1S/C50H83O11P/c1-4-7-10-13-16-19-21-23-25-28-30-33-36-39-48(52)57-43-47(61-50(54)41-38-35-32-29-26-24-22-20-17-14-11-8-5-2)45-59-62(55,56)58-44-46(42-51)60-49(53)40-37-34-31-27-18-15-12-9-6-3/h7-8,10-11,16-17,19-20,23-26,30,33,46-47,51H,4-6,9,12-15,18,21-22,27-29,31-32,34-45H2,1-3H3,(H,55,56)/b10-7-,11-8-,19-16-,20-17-,25-23-,26-24-,33-30-. The number of phosphoric acid groups is 1. The Bertz CT molecular complexity index is 1360. The van der Waals surface area contributed by atoms with E-state index in [1.165, 1.54) is 32.1 Å². The lowest BCUT2D eigenvalue weighted by molar-refractivity contribution is -0.161. The fourth-order valence-electron chi connectivity index (χ4n) is 5.79. The molecule has 3 atom stereocenters. The van der Waals surface area contributed by atoms with Crippen LogP contribution >= 0.6 is 7.82 Å². The molecule has 11 nitrogen and oxygen atoms in total. The summed E-state index contributed by atoms with van der Waals surface area (Å²) in [4.78, 5) is 48.0. The summed E-state index contributed by atoms with van der Waals surface area (Å²) in [6.45, 7) is 4.22. The van der Waals surface area contributed by atoms with Gasteiger partial charge in [0, 0.05) is 19.3 Å². The van der Waals surface area contributed by atoms with E-state index in [-0.39, 0.29) is 25.9 Å². The second kappa shape index (κ2) is 44.3. The van der Waals surface area contributed by atoms with Crippen LogP contribution in [0, 0.1) is 0 Å². The molecule has 0 aliphatic carbocycles. The first-order chi connectivity index (χ1) is 30.2. The molecule has 62 heavy (non-hydrogen) atoms. The highest BCUT2D eigenvalue weighted by Crippen LogP contribution is 2.43. The van der Waals surface area contributed by atoms with Crippen molar-refractivity contribution in [3.8, 4) is 0 Å². The quantitative estimate of drug-likeness (QED) is 0.0198. The van der Waals surface area contributed by atoms with Crippen molar-refractivity contribution < 1.29 is 52.2 Å². The molecule has 2 N–H and O–H groups in total. The number of aliphatic hydroxyl groups excluding tert-OH is 1. The fourth-order valence-corrected chi connectivity index (χ4v) is 6.58. The van der Waals surface area contributed by atoms with Gasteiger partial charge < -0.3 is 24.2 Å². The lowest BCUT2D eigenvalue weighted by Gasteiger charge is -2.21. The van der Waals surface area contributed by atoms with Gasteiger partial charge in [-0.1, -0.05) is 164 Å². The van der Waals surface area contributed by atoms with E-state index in [4.69, 9.17) is 23.3 Å². The van der Waals surface area contributed by atoms with Crippen molar-refractivity contribution in [2.45, 2.75) is 187 Å². The van der Waals surface area contributed by atoms with E-state index in [9.17, 15) is 28.9 Å². The molecule has 0 saturated heterocycles. The maximum absolute atomic E-state index is 12.8. The lowest BCUT2D eigenvalue weighted by Crippen LogP contribution is -2.30. The van der Waals surface area contributed by atoms with Crippen LogP contribution in [0.2, 0.25) is 0 Å². The van der Waals surface area contributed by atoms with Crippen LogP contribution in [0.5, 0.6) is 0 Å². The van der Waals surface area contributed by atoms with Gasteiger partial charge in [0.1, 0.15) is 12.7 Å². The third-order valence-corrected chi connectivity index (χ3v) is 10.3. The summed E-state index contributed by atoms with van der Waals surface area (Å²) in [6.07, 6.45) is 47.4. The maximum atomic E-state index is 12.8. The van der Waals surface area contributed by atoms with E-state index in [0.717, 1.165) is 83.5 Å². The summed E-state index contributed by atoms with van der Waals surface area (Å²) in [5, 5.41) is 9.71. The number of unbranched alkanes of at least 4 members (excludes halogenated alkanes) is 11. The number of carbonyl (C=O) groups is 3. The van der Waals surface area contributed by atoms with E-state index in [2.05, 4.69) is 93.7 Å². The monoisotopic (exact) mass is 891 g/mol. The number of hydrogen-bond acceptors (Lipinski definition) is 10. The fraction of sp³-hybridized carbons (Fsp3) is 0.660. The first-order valence-corrected chi connectivity index (χ1v) is 25.0. The molecule has 0 spiro atoms. The first-order valence-electron chi connectivity index (χ1n) is 23.5. The van der Waals surface area contributed by atoms with Crippen LogP contribution in [0.15, 0.2) is 85.1 Å². The van der Waals surface area contributed by atoms with Crippen LogP contribution in [0.1, 0.15) is 175 Å². The third kappa shape index (κ3) is 42.0. The zero-order valence-corrected chi connectivity index (χ0v) is 39.4. The van der Waals surface area contributed by atoms with Crippen LogP contribution in [0.25, 0.3) is 0 Å². The smallest absolute Gasteiger partial charge is 0.462 e. The van der Waals surface area contributed by atoms with Crippen molar-refractivity contribution in [1.82, 2.24) is 0 Å². The lowest BCUT2D eigenvalue weighted by atomic mass is 10.1. The van der Waals surface area contributed by atoms with Gasteiger partial charge in [0.05, 0.1) is 19.8 Å². The van der Waals surface area contributed by atoms with Crippen molar-refractivity contribution in [3.05, 3.63) is 85.1 Å². The van der Waals surface area contributed by atoms with Gasteiger partial charge in [0.2, 0.25) is 0 Å². The number of esters is 3. The molecule has 3 unspecified atom stereocenters. The van der Waals surface area contributed by atoms with Crippen LogP contribution in [0.4, 0.5) is 0 Å². The van der Waals surface area contributed by atoms with Crippen molar-refractivity contribution in [2.75, 3.05) is 26.4 Å². The number of hydrogen-bond donors (Lipinski definition) is 2. The molecule has 0 fully saturated rings. The molecule has 354 valence electrons. The van der Waals surface area contributed by atoms with Crippen LogP contribution in [-0.2, 0) is 42.2 Å². The van der Waals surface area contributed by atoms with Crippen LogP contribution in [-0.4, -0.2) is 66.5 Å². The second-order valence-corrected chi connectivity index (χ2v) is 16.6. The highest BCUT2D eigenvalue weighted by molar-refractivity contribution is 7.47. The summed E-state index contributed by atoms with van der Waals surface area (Å²) in [5.41, 5.74) is 0. The summed E-state index contributed by atoms with van der Waals surface area (Å²) in [7, 11) is -4.76. The third-order valence-electron chi connectivity index (χ3n) is 9.33. The summed E-state index contributed by atoms with van der Waals surface area (Å²) < 4.78 is 39.0. The molecule has 0 heterocycles. The molecular formula is C50H83O11P.